The molecular weight excluding hydrogens is 312 g/mol. The van der Waals surface area contributed by atoms with E-state index in [1.165, 1.54) is 0 Å². The van der Waals surface area contributed by atoms with Crippen LogP contribution in [0.3, 0.4) is 0 Å². The monoisotopic (exact) mass is 334 g/mol. The average Bonchev–Trinajstić information content (AvgIpc) is 2.70. The van der Waals surface area contributed by atoms with E-state index in [-0.39, 0.29) is 24.0 Å². The van der Waals surface area contributed by atoms with Crippen molar-refractivity contribution < 1.29 is 19.2 Å². The number of amides is 2. The van der Waals surface area contributed by atoms with E-state index in [4.69, 9.17) is 4.84 Å². The molecule has 0 aromatic heterocycles. The van der Waals surface area contributed by atoms with Crippen molar-refractivity contribution in [3.63, 3.8) is 0 Å². The normalized spacial score (nSPS) is 15.7. The maximum atomic E-state index is 11.6. The molecular formula is C13H22N2O4S2. The van der Waals surface area contributed by atoms with Crippen molar-refractivity contribution in [1.29, 1.82) is 0 Å². The molecule has 0 radical (unpaired) electrons. The summed E-state index contributed by atoms with van der Waals surface area (Å²) in [5.41, 5.74) is 0. The summed E-state index contributed by atoms with van der Waals surface area (Å²) in [4.78, 5) is 38.9. The van der Waals surface area contributed by atoms with E-state index in [1.54, 1.807) is 21.6 Å². The quantitative estimate of drug-likeness (QED) is 0.391. The van der Waals surface area contributed by atoms with E-state index in [0.717, 1.165) is 12.3 Å². The molecule has 0 aromatic rings. The summed E-state index contributed by atoms with van der Waals surface area (Å²) >= 11 is 0. The Balaban J connectivity index is 2.14. The van der Waals surface area contributed by atoms with Crippen molar-refractivity contribution in [2.24, 2.45) is 0 Å². The number of rotatable bonds is 9. The number of carbonyl (C=O) groups is 3. The third-order valence-electron chi connectivity index (χ3n) is 2.69. The first-order chi connectivity index (χ1) is 9.85. The molecule has 0 unspecified atom stereocenters. The van der Waals surface area contributed by atoms with Gasteiger partial charge in [0, 0.05) is 36.3 Å². The van der Waals surface area contributed by atoms with Gasteiger partial charge in [0.2, 0.25) is 0 Å². The third-order valence-corrected chi connectivity index (χ3v) is 6.07. The van der Waals surface area contributed by atoms with Crippen LogP contribution in [-0.4, -0.2) is 46.9 Å². The molecule has 1 saturated heterocycles. The number of nitrogens with one attached hydrogen (secondary N) is 1. The van der Waals surface area contributed by atoms with E-state index >= 15 is 0 Å². The van der Waals surface area contributed by atoms with Crippen LogP contribution in [0.1, 0.15) is 39.5 Å². The zero-order chi connectivity index (χ0) is 15.9. The number of hydrogen-bond donors (Lipinski definition) is 1. The van der Waals surface area contributed by atoms with Crippen LogP contribution >= 0.6 is 21.6 Å². The van der Waals surface area contributed by atoms with Crippen molar-refractivity contribution in [2.75, 3.05) is 19.3 Å². The average molecular weight is 334 g/mol. The van der Waals surface area contributed by atoms with Crippen molar-refractivity contribution in [3.05, 3.63) is 0 Å². The molecule has 0 bridgehead atoms. The van der Waals surface area contributed by atoms with Gasteiger partial charge >= 0.3 is 5.97 Å². The van der Waals surface area contributed by atoms with Gasteiger partial charge in [-0.15, -0.1) is 5.06 Å². The van der Waals surface area contributed by atoms with Crippen molar-refractivity contribution in [1.82, 2.24) is 10.4 Å². The number of nitrogens with zero attached hydrogens (tertiary/aromatic N) is 1. The highest BCUT2D eigenvalue weighted by atomic mass is 33.1. The lowest BCUT2D eigenvalue weighted by atomic mass is 10.2. The zero-order valence-electron chi connectivity index (χ0n) is 12.6. The van der Waals surface area contributed by atoms with E-state index < -0.39 is 17.8 Å². The number of carbonyl (C=O) groups excluding carboxylic acids is 3. The Morgan fingerprint density at radius 3 is 2.52 bits per heavy atom. The van der Waals surface area contributed by atoms with Gasteiger partial charge in [0.15, 0.2) is 0 Å². The molecule has 8 heteroatoms. The maximum Gasteiger partial charge on any atom is 0.333 e. The number of hydrogen-bond acceptors (Lipinski definition) is 7. The van der Waals surface area contributed by atoms with Crippen LogP contribution in [0.5, 0.6) is 0 Å². The molecule has 1 rings (SSSR count). The van der Waals surface area contributed by atoms with Crippen LogP contribution in [-0.2, 0) is 19.2 Å². The van der Waals surface area contributed by atoms with Gasteiger partial charge in [-0.2, -0.15) is 0 Å². The fourth-order valence-electron chi connectivity index (χ4n) is 1.74. The number of imide groups is 1. The molecule has 1 fully saturated rings. The van der Waals surface area contributed by atoms with Crippen molar-refractivity contribution in [3.8, 4) is 0 Å². The van der Waals surface area contributed by atoms with Gasteiger partial charge < -0.3 is 10.2 Å². The fraction of sp³-hybridized carbons (Fsp3) is 0.769. The molecule has 0 aliphatic carbocycles. The first-order valence-corrected chi connectivity index (χ1v) is 9.19. The summed E-state index contributed by atoms with van der Waals surface area (Å²) in [6.07, 6.45) is 1.11. The van der Waals surface area contributed by atoms with Gasteiger partial charge in [0.1, 0.15) is 0 Å². The Bertz CT molecular complexity index is 386. The van der Waals surface area contributed by atoms with Crippen molar-refractivity contribution in [2.45, 2.75) is 44.3 Å². The molecule has 6 nitrogen and oxygen atoms in total. The molecule has 21 heavy (non-hydrogen) atoms. The molecule has 0 spiro atoms. The van der Waals surface area contributed by atoms with Crippen LogP contribution in [0.15, 0.2) is 0 Å². The third kappa shape index (κ3) is 6.71. The molecule has 1 N–H and O–H groups in total. The topological polar surface area (TPSA) is 75.7 Å². The molecule has 1 heterocycles. The largest absolute Gasteiger partial charge is 0.333 e. The molecule has 0 saturated carbocycles. The van der Waals surface area contributed by atoms with Gasteiger partial charge in [-0.05, 0) is 27.3 Å². The molecule has 1 aliphatic heterocycles. The second kappa shape index (κ2) is 8.65. The summed E-state index contributed by atoms with van der Waals surface area (Å²) in [6.45, 7) is 5.21. The summed E-state index contributed by atoms with van der Waals surface area (Å²) in [7, 11) is 5.40. The highest BCUT2D eigenvalue weighted by Crippen LogP contribution is 2.35. The van der Waals surface area contributed by atoms with E-state index in [1.807, 2.05) is 7.05 Å². The predicted octanol–water partition coefficient (Wildman–Crippen LogP) is 1.75. The van der Waals surface area contributed by atoms with Crippen LogP contribution < -0.4 is 5.32 Å². The Morgan fingerprint density at radius 2 is 1.95 bits per heavy atom. The van der Waals surface area contributed by atoms with Crippen molar-refractivity contribution >= 4 is 39.4 Å². The highest BCUT2D eigenvalue weighted by Gasteiger charge is 2.32. The second-order valence-corrected chi connectivity index (χ2v) is 8.47. The Kier molecular flexibility index (Phi) is 7.55. The summed E-state index contributed by atoms with van der Waals surface area (Å²) in [5.74, 6) is -0.590. The minimum Gasteiger partial charge on any atom is -0.330 e. The standard InChI is InChI=1S/C13H22N2O4S2/c1-13(2,9-14-3)21-20-8-4-5-12(18)19-15-10(16)6-7-11(15)17/h14H,4-9H2,1-3H3. The molecule has 2 amide bonds. The highest BCUT2D eigenvalue weighted by molar-refractivity contribution is 8.77. The Morgan fingerprint density at radius 1 is 1.33 bits per heavy atom. The first kappa shape index (κ1) is 18.3. The zero-order valence-corrected chi connectivity index (χ0v) is 14.3. The Hall–Kier alpha value is -0.730. The van der Waals surface area contributed by atoms with E-state index in [9.17, 15) is 14.4 Å². The molecule has 1 aliphatic rings. The smallest absolute Gasteiger partial charge is 0.330 e. The van der Waals surface area contributed by atoms with Crippen LogP contribution in [0, 0.1) is 0 Å². The molecule has 120 valence electrons. The molecule has 0 aromatic carbocycles. The summed E-state index contributed by atoms with van der Waals surface area (Å²) in [6, 6.07) is 0. The Labute approximate surface area is 133 Å². The van der Waals surface area contributed by atoms with Gasteiger partial charge in [0.25, 0.3) is 11.8 Å². The minimum absolute atomic E-state index is 0.124. The van der Waals surface area contributed by atoms with Gasteiger partial charge in [-0.1, -0.05) is 21.6 Å². The number of hydroxylamine groups is 2. The van der Waals surface area contributed by atoms with Crippen LogP contribution in [0.4, 0.5) is 0 Å². The molecule has 0 atom stereocenters. The SMILES string of the molecule is CNCC(C)(C)SSCCCC(=O)ON1C(=O)CCC1=O. The second-order valence-electron chi connectivity index (χ2n) is 5.34. The van der Waals surface area contributed by atoms with Gasteiger partial charge in [-0.3, -0.25) is 9.59 Å². The summed E-state index contributed by atoms with van der Waals surface area (Å²) < 4.78 is 0.133. The lowest BCUT2D eigenvalue weighted by molar-refractivity contribution is -0.197. The van der Waals surface area contributed by atoms with E-state index in [2.05, 4.69) is 19.2 Å². The lowest BCUT2D eigenvalue weighted by Crippen LogP contribution is -2.32. The van der Waals surface area contributed by atoms with E-state index in [0.29, 0.717) is 11.5 Å². The predicted molar refractivity (Wildman–Crippen MR) is 84.5 cm³/mol. The fourth-order valence-corrected chi connectivity index (χ4v) is 4.34. The van der Waals surface area contributed by atoms with Crippen LogP contribution in [0.25, 0.3) is 0 Å². The van der Waals surface area contributed by atoms with Crippen LogP contribution in [0.2, 0.25) is 0 Å². The minimum atomic E-state index is -0.529. The first-order valence-electron chi connectivity index (χ1n) is 6.87. The van der Waals surface area contributed by atoms with Gasteiger partial charge in [0.05, 0.1) is 0 Å². The maximum absolute atomic E-state index is 11.6. The summed E-state index contributed by atoms with van der Waals surface area (Å²) in [5, 5.41) is 3.74. The van der Waals surface area contributed by atoms with Gasteiger partial charge in [-0.25, -0.2) is 4.79 Å². The lowest BCUT2D eigenvalue weighted by Gasteiger charge is -2.22.